The average Bonchev–Trinajstić information content (AvgIpc) is 2.92. The molecule has 0 saturated heterocycles. The van der Waals surface area contributed by atoms with Gasteiger partial charge in [0.25, 0.3) is 0 Å². The van der Waals surface area contributed by atoms with Crippen LogP contribution in [0.2, 0.25) is 0 Å². The zero-order valence-electron chi connectivity index (χ0n) is 23.1. The van der Waals surface area contributed by atoms with E-state index in [-0.39, 0.29) is 18.5 Å². The van der Waals surface area contributed by atoms with E-state index in [1.165, 1.54) is 6.42 Å². The van der Waals surface area contributed by atoms with E-state index in [0.717, 1.165) is 58.1 Å². The van der Waals surface area contributed by atoms with E-state index in [0.29, 0.717) is 12.1 Å². The lowest BCUT2D eigenvalue weighted by atomic mass is 9.95. The zero-order valence-corrected chi connectivity index (χ0v) is 23.9. The van der Waals surface area contributed by atoms with Crippen LogP contribution >= 0.6 is 0 Å². The third-order valence-corrected chi connectivity index (χ3v) is 8.65. The van der Waals surface area contributed by atoms with Crippen LogP contribution in [-0.2, 0) is 26.2 Å². The van der Waals surface area contributed by atoms with Gasteiger partial charge in [-0.1, -0.05) is 92.4 Å². The second kappa shape index (κ2) is 12.6. The summed E-state index contributed by atoms with van der Waals surface area (Å²) in [4.78, 5) is 29.1. The zero-order chi connectivity index (χ0) is 28.0. The average molecular weight is 550 g/mol. The molecule has 1 N–H and O–H groups in total. The van der Waals surface area contributed by atoms with E-state index < -0.39 is 28.5 Å². The van der Waals surface area contributed by atoms with Crippen molar-refractivity contribution in [3.8, 4) is 0 Å². The molecule has 0 radical (unpaired) electrons. The largest absolute Gasteiger partial charge is 0.352 e. The van der Waals surface area contributed by atoms with Crippen molar-refractivity contribution < 1.29 is 18.0 Å². The number of anilines is 1. The third kappa shape index (κ3) is 7.18. The third-order valence-electron chi connectivity index (χ3n) is 7.53. The molecule has 0 heterocycles. The number of amides is 2. The van der Waals surface area contributed by atoms with Gasteiger partial charge >= 0.3 is 0 Å². The van der Waals surface area contributed by atoms with Crippen LogP contribution in [0.15, 0.2) is 66.7 Å². The molecule has 3 aromatic carbocycles. The van der Waals surface area contributed by atoms with Crippen LogP contribution in [0.1, 0.15) is 56.6 Å². The molecule has 1 fully saturated rings. The van der Waals surface area contributed by atoms with Crippen molar-refractivity contribution in [2.24, 2.45) is 0 Å². The predicted octanol–water partition coefficient (Wildman–Crippen LogP) is 5.17. The molecular formula is C31H39N3O4S. The molecule has 1 aliphatic rings. The molecule has 2 amide bonds. The lowest BCUT2D eigenvalue weighted by Crippen LogP contribution is -2.54. The van der Waals surface area contributed by atoms with Gasteiger partial charge in [-0.25, -0.2) is 8.42 Å². The second-order valence-electron chi connectivity index (χ2n) is 10.5. The van der Waals surface area contributed by atoms with Gasteiger partial charge in [0.15, 0.2) is 0 Å². The molecule has 0 spiro atoms. The first-order chi connectivity index (χ1) is 18.7. The second-order valence-corrected chi connectivity index (χ2v) is 12.4. The van der Waals surface area contributed by atoms with E-state index in [4.69, 9.17) is 0 Å². The number of carbonyl (C=O) groups excluding carboxylic acids is 2. The summed E-state index contributed by atoms with van der Waals surface area (Å²) in [5, 5.41) is 4.80. The van der Waals surface area contributed by atoms with Gasteiger partial charge in [-0.15, -0.1) is 0 Å². The van der Waals surface area contributed by atoms with Crippen molar-refractivity contribution in [2.45, 2.75) is 71.0 Å². The number of benzene rings is 3. The number of aryl methyl sites for hydroxylation is 1. The van der Waals surface area contributed by atoms with Crippen molar-refractivity contribution in [1.82, 2.24) is 10.2 Å². The number of sulfonamides is 1. The quantitative estimate of drug-likeness (QED) is 0.378. The van der Waals surface area contributed by atoms with E-state index in [9.17, 15) is 18.0 Å². The first kappa shape index (κ1) is 28.6. The van der Waals surface area contributed by atoms with Crippen LogP contribution < -0.4 is 9.62 Å². The summed E-state index contributed by atoms with van der Waals surface area (Å²) in [7, 11) is -3.81. The number of carbonyl (C=O) groups is 2. The molecule has 1 aliphatic carbocycles. The van der Waals surface area contributed by atoms with Gasteiger partial charge in [0.2, 0.25) is 21.8 Å². The standard InChI is InChI=1S/C31H39N3O4S/c1-4-28(31(36)32-26-13-6-5-7-14-26)33(21-24-19-17-23(2)18-20-24)30(35)22-34(39(3,37)38)29-16-10-12-25-11-8-9-15-27(25)29/h8-12,15-20,26,28H,4-7,13-14,21-22H2,1-3H3,(H,32,36)/t28-/m0/s1. The molecule has 208 valence electrons. The van der Waals surface area contributed by atoms with Crippen LogP contribution in [0.25, 0.3) is 10.8 Å². The minimum atomic E-state index is -3.81. The van der Waals surface area contributed by atoms with Gasteiger partial charge in [-0.3, -0.25) is 13.9 Å². The fourth-order valence-electron chi connectivity index (χ4n) is 5.37. The summed E-state index contributed by atoms with van der Waals surface area (Å²) in [5.41, 5.74) is 2.42. The fraction of sp³-hybridized carbons (Fsp3) is 0.419. The maximum Gasteiger partial charge on any atom is 0.244 e. The number of hydrogen-bond donors (Lipinski definition) is 1. The Morgan fingerprint density at radius 1 is 0.949 bits per heavy atom. The van der Waals surface area contributed by atoms with E-state index in [2.05, 4.69) is 5.32 Å². The molecule has 1 atom stereocenters. The van der Waals surface area contributed by atoms with E-state index >= 15 is 0 Å². The summed E-state index contributed by atoms with van der Waals surface area (Å²) in [6.45, 7) is 3.70. The van der Waals surface area contributed by atoms with Gasteiger partial charge in [0.05, 0.1) is 11.9 Å². The number of rotatable bonds is 10. The molecular weight excluding hydrogens is 510 g/mol. The topological polar surface area (TPSA) is 86.8 Å². The Balaban J connectivity index is 1.67. The maximum atomic E-state index is 14.0. The van der Waals surface area contributed by atoms with E-state index in [1.54, 1.807) is 17.0 Å². The minimum Gasteiger partial charge on any atom is -0.352 e. The van der Waals surface area contributed by atoms with Gasteiger partial charge in [0, 0.05) is 18.0 Å². The smallest absolute Gasteiger partial charge is 0.244 e. The van der Waals surface area contributed by atoms with Gasteiger partial charge in [0.1, 0.15) is 12.6 Å². The Labute approximate surface area is 232 Å². The van der Waals surface area contributed by atoms with Crippen molar-refractivity contribution in [3.63, 3.8) is 0 Å². The highest BCUT2D eigenvalue weighted by molar-refractivity contribution is 7.92. The number of nitrogens with zero attached hydrogens (tertiary/aromatic N) is 2. The first-order valence-corrected chi connectivity index (χ1v) is 15.6. The Hall–Kier alpha value is -3.39. The Kier molecular flexibility index (Phi) is 9.28. The van der Waals surface area contributed by atoms with Crippen molar-refractivity contribution >= 4 is 38.3 Å². The van der Waals surface area contributed by atoms with E-state index in [1.807, 2.05) is 68.4 Å². The van der Waals surface area contributed by atoms with Crippen LogP contribution in [0.3, 0.4) is 0 Å². The Bertz CT molecular complexity index is 1390. The lowest BCUT2D eigenvalue weighted by molar-refractivity contribution is -0.140. The van der Waals surface area contributed by atoms with Gasteiger partial charge in [-0.2, -0.15) is 0 Å². The summed E-state index contributed by atoms with van der Waals surface area (Å²) in [6.07, 6.45) is 6.76. The van der Waals surface area contributed by atoms with Crippen LogP contribution in [-0.4, -0.2) is 50.0 Å². The number of nitrogens with one attached hydrogen (secondary N) is 1. The van der Waals surface area contributed by atoms with Gasteiger partial charge < -0.3 is 10.2 Å². The Morgan fingerprint density at radius 2 is 1.62 bits per heavy atom. The lowest BCUT2D eigenvalue weighted by Gasteiger charge is -2.34. The molecule has 4 rings (SSSR count). The fourth-order valence-corrected chi connectivity index (χ4v) is 6.24. The normalized spacial score (nSPS) is 15.1. The van der Waals surface area contributed by atoms with Crippen LogP contribution in [0, 0.1) is 6.92 Å². The summed E-state index contributed by atoms with van der Waals surface area (Å²) < 4.78 is 27.2. The van der Waals surface area contributed by atoms with Crippen LogP contribution in [0.5, 0.6) is 0 Å². The van der Waals surface area contributed by atoms with Gasteiger partial charge in [-0.05, 0) is 43.2 Å². The molecule has 39 heavy (non-hydrogen) atoms. The highest BCUT2D eigenvalue weighted by Crippen LogP contribution is 2.29. The molecule has 7 nitrogen and oxygen atoms in total. The maximum absolute atomic E-state index is 14.0. The summed E-state index contributed by atoms with van der Waals surface area (Å²) >= 11 is 0. The minimum absolute atomic E-state index is 0.111. The molecule has 0 aliphatic heterocycles. The highest BCUT2D eigenvalue weighted by Gasteiger charge is 2.33. The van der Waals surface area contributed by atoms with Crippen molar-refractivity contribution in [1.29, 1.82) is 0 Å². The number of fused-ring (bicyclic) bond motifs is 1. The Morgan fingerprint density at radius 3 is 2.28 bits per heavy atom. The molecule has 8 heteroatoms. The van der Waals surface area contributed by atoms with Crippen LogP contribution in [0.4, 0.5) is 5.69 Å². The molecule has 0 aromatic heterocycles. The SMILES string of the molecule is CC[C@@H](C(=O)NC1CCCCC1)N(Cc1ccc(C)cc1)C(=O)CN(c1cccc2ccccc12)S(C)(=O)=O. The van der Waals surface area contributed by atoms with Crippen molar-refractivity contribution in [2.75, 3.05) is 17.1 Å². The summed E-state index contributed by atoms with van der Waals surface area (Å²) in [5.74, 6) is -0.597. The predicted molar refractivity (Wildman–Crippen MR) is 157 cm³/mol. The highest BCUT2D eigenvalue weighted by atomic mass is 32.2. The molecule has 1 saturated carbocycles. The first-order valence-electron chi connectivity index (χ1n) is 13.8. The summed E-state index contributed by atoms with van der Waals surface area (Å²) in [6, 6.07) is 20.1. The number of hydrogen-bond acceptors (Lipinski definition) is 4. The molecule has 0 unspecified atom stereocenters. The van der Waals surface area contributed by atoms with Crippen molar-refractivity contribution in [3.05, 3.63) is 77.9 Å². The molecule has 3 aromatic rings. The molecule has 0 bridgehead atoms. The monoisotopic (exact) mass is 549 g/mol.